The summed E-state index contributed by atoms with van der Waals surface area (Å²) in [6.07, 6.45) is 1.95. The van der Waals surface area contributed by atoms with E-state index in [-0.39, 0.29) is 0 Å². The molecule has 0 fully saturated rings. The summed E-state index contributed by atoms with van der Waals surface area (Å²) in [6.45, 7) is 0. The standard InChI is InChI=1S/C24H30IO3PSi/c1-26-30(27-2,28-3)21-13-20-29(25,22-14-7-4-8-15-22,23-16-9-5-10-17-23)24-18-11-6-12-19-24/h4-12,14-19H,13,20-21H2,1-3H3. The molecule has 0 aliphatic heterocycles. The molecule has 0 amide bonds. The van der Waals surface area contributed by atoms with Crippen LogP contribution in [0, 0.1) is 0 Å². The first-order valence-electron chi connectivity index (χ1n) is 10.1. The van der Waals surface area contributed by atoms with Crippen LogP contribution in [-0.4, -0.2) is 36.3 Å². The average molecular weight is 552 g/mol. The maximum atomic E-state index is 5.71. The van der Waals surface area contributed by atoms with E-state index in [9.17, 15) is 0 Å². The van der Waals surface area contributed by atoms with E-state index in [1.807, 2.05) is 0 Å². The van der Waals surface area contributed by atoms with E-state index < -0.39 is 13.1 Å². The molecule has 0 aliphatic carbocycles. The van der Waals surface area contributed by atoms with E-state index in [1.165, 1.54) is 15.9 Å². The van der Waals surface area contributed by atoms with Gasteiger partial charge in [-0.3, -0.25) is 0 Å². The molecule has 6 heteroatoms. The Morgan fingerprint density at radius 3 is 1.27 bits per heavy atom. The van der Waals surface area contributed by atoms with Gasteiger partial charge in [0.15, 0.2) is 0 Å². The normalized spacial score (nSPS) is 13.5. The number of hydrogen-bond acceptors (Lipinski definition) is 3. The van der Waals surface area contributed by atoms with Gasteiger partial charge in [-0.2, -0.15) is 0 Å². The molecule has 3 aromatic rings. The zero-order chi connectivity index (χ0) is 21.5. The molecule has 0 radical (unpaired) electrons. The van der Waals surface area contributed by atoms with Crippen LogP contribution in [0.25, 0.3) is 0 Å². The first-order valence-corrected chi connectivity index (χ1v) is 17.2. The molecule has 0 N–H and O–H groups in total. The van der Waals surface area contributed by atoms with Crippen LogP contribution >= 0.6 is 26.3 Å². The Labute approximate surface area is 194 Å². The number of hydrogen-bond donors (Lipinski definition) is 0. The van der Waals surface area contributed by atoms with Gasteiger partial charge >= 0.3 is 195 Å². The third kappa shape index (κ3) is 4.29. The second-order valence-corrected chi connectivity index (χ2v) is 21.2. The van der Waals surface area contributed by atoms with Gasteiger partial charge in [-0.05, 0) is 0 Å². The topological polar surface area (TPSA) is 27.7 Å². The van der Waals surface area contributed by atoms with E-state index in [2.05, 4.69) is 113 Å². The minimum atomic E-state index is -2.75. The zero-order valence-corrected chi connectivity index (χ0v) is 21.9. The second-order valence-electron chi connectivity index (χ2n) is 7.31. The average Bonchev–Trinajstić information content (AvgIpc) is 2.84. The van der Waals surface area contributed by atoms with Crippen molar-refractivity contribution in [3.8, 4) is 0 Å². The van der Waals surface area contributed by atoms with Gasteiger partial charge in [-0.1, -0.05) is 0 Å². The Bertz CT molecular complexity index is 813. The van der Waals surface area contributed by atoms with Crippen LogP contribution in [0.3, 0.4) is 0 Å². The summed E-state index contributed by atoms with van der Waals surface area (Å²) in [5.41, 5.74) is 0. The van der Waals surface area contributed by atoms with E-state index >= 15 is 0 Å². The van der Waals surface area contributed by atoms with E-state index in [0.29, 0.717) is 0 Å². The van der Waals surface area contributed by atoms with Crippen molar-refractivity contribution in [3.63, 3.8) is 0 Å². The molecular weight excluding hydrogens is 522 g/mol. The van der Waals surface area contributed by atoms with Crippen molar-refractivity contribution in [1.29, 1.82) is 0 Å². The monoisotopic (exact) mass is 552 g/mol. The molecule has 0 aliphatic rings. The van der Waals surface area contributed by atoms with Gasteiger partial charge in [0.05, 0.1) is 0 Å². The molecule has 0 spiro atoms. The van der Waals surface area contributed by atoms with Crippen molar-refractivity contribution in [2.45, 2.75) is 12.5 Å². The summed E-state index contributed by atoms with van der Waals surface area (Å²) in [6, 6.07) is 33.7. The van der Waals surface area contributed by atoms with Crippen LogP contribution in [0.15, 0.2) is 91.0 Å². The first-order chi connectivity index (χ1) is 14.5. The van der Waals surface area contributed by atoms with Crippen LogP contribution in [0.4, 0.5) is 0 Å². The van der Waals surface area contributed by atoms with Gasteiger partial charge in [0, 0.05) is 0 Å². The van der Waals surface area contributed by atoms with Crippen molar-refractivity contribution < 1.29 is 13.3 Å². The third-order valence-electron chi connectivity index (χ3n) is 5.88. The Balaban J connectivity index is 2.18. The van der Waals surface area contributed by atoms with Gasteiger partial charge in [0.25, 0.3) is 0 Å². The predicted octanol–water partition coefficient (Wildman–Crippen LogP) is 5.13. The Morgan fingerprint density at radius 2 is 0.967 bits per heavy atom. The van der Waals surface area contributed by atoms with Crippen LogP contribution in [0.2, 0.25) is 6.04 Å². The van der Waals surface area contributed by atoms with Gasteiger partial charge in [-0.25, -0.2) is 0 Å². The molecule has 3 nitrogen and oxygen atoms in total. The predicted molar refractivity (Wildman–Crippen MR) is 140 cm³/mol. The molecule has 30 heavy (non-hydrogen) atoms. The Hall–Kier alpha value is -1.08. The summed E-state index contributed by atoms with van der Waals surface area (Å²) in [7, 11) is 2.43. The molecule has 3 rings (SSSR count). The van der Waals surface area contributed by atoms with Crippen molar-refractivity contribution in [2.24, 2.45) is 0 Å². The molecule has 0 aromatic heterocycles. The fourth-order valence-corrected chi connectivity index (χ4v) is 14.9. The van der Waals surface area contributed by atoms with Gasteiger partial charge in [-0.15, -0.1) is 0 Å². The molecule has 0 unspecified atom stereocenters. The minimum absolute atomic E-state index is 0.782. The van der Waals surface area contributed by atoms with Crippen LogP contribution < -0.4 is 15.9 Å². The summed E-state index contributed by atoms with van der Waals surface area (Å²) < 4.78 is 14.4. The zero-order valence-electron chi connectivity index (χ0n) is 17.8. The van der Waals surface area contributed by atoms with Crippen molar-refractivity contribution >= 4 is 51.0 Å². The molecule has 0 bridgehead atoms. The fraction of sp³-hybridized carbons (Fsp3) is 0.250. The van der Waals surface area contributed by atoms with Crippen molar-refractivity contribution in [3.05, 3.63) is 91.0 Å². The van der Waals surface area contributed by atoms with E-state index in [4.69, 9.17) is 13.3 Å². The van der Waals surface area contributed by atoms with Crippen LogP contribution in [0.1, 0.15) is 6.42 Å². The van der Waals surface area contributed by atoms with Crippen molar-refractivity contribution in [2.75, 3.05) is 27.5 Å². The molecule has 0 saturated heterocycles. The second kappa shape index (κ2) is 10.0. The van der Waals surface area contributed by atoms with Gasteiger partial charge < -0.3 is 0 Å². The Morgan fingerprint density at radius 1 is 0.633 bits per heavy atom. The van der Waals surface area contributed by atoms with E-state index in [0.717, 1.165) is 18.6 Å². The van der Waals surface area contributed by atoms with Crippen molar-refractivity contribution in [1.82, 2.24) is 0 Å². The van der Waals surface area contributed by atoms with Crippen LogP contribution in [-0.2, 0) is 13.3 Å². The summed E-state index contributed by atoms with van der Waals surface area (Å²) in [4.78, 5) is 0. The molecule has 160 valence electrons. The first kappa shape index (κ1) is 23.6. The number of halogens is 1. The maximum absolute atomic E-state index is 5.71. The molecule has 3 aromatic carbocycles. The van der Waals surface area contributed by atoms with Crippen LogP contribution in [0.5, 0.6) is 0 Å². The molecular formula is C24H30IO3PSi. The fourth-order valence-electron chi connectivity index (χ4n) is 4.20. The quantitative estimate of drug-likeness (QED) is 0.198. The summed E-state index contributed by atoms with van der Waals surface area (Å²) >= 11 is 2.82. The Kier molecular flexibility index (Phi) is 7.88. The van der Waals surface area contributed by atoms with E-state index in [1.54, 1.807) is 21.3 Å². The van der Waals surface area contributed by atoms with Gasteiger partial charge in [0.2, 0.25) is 0 Å². The van der Waals surface area contributed by atoms with Gasteiger partial charge in [0.1, 0.15) is 0 Å². The molecule has 0 saturated carbocycles. The molecule has 0 heterocycles. The third-order valence-corrected chi connectivity index (χ3v) is 20.5. The summed E-state index contributed by atoms with van der Waals surface area (Å²) in [5, 5.41) is 4.17. The summed E-state index contributed by atoms with van der Waals surface area (Å²) in [5.74, 6) is 0. The SMILES string of the molecule is CO[Si](CCCP(I)(c1ccccc1)(c1ccccc1)c1ccccc1)(OC)OC. The number of rotatable bonds is 10. The molecule has 0 atom stereocenters. The number of benzene rings is 3.